The second-order valence-corrected chi connectivity index (χ2v) is 10.7. The number of carbonyl (C=O) groups is 1. The van der Waals surface area contributed by atoms with Crippen LogP contribution in [0.2, 0.25) is 19.6 Å². The number of hydrogen-bond acceptors (Lipinski definition) is 2. The first-order valence-electron chi connectivity index (χ1n) is 6.82. The number of carbonyl (C=O) groups excluding carboxylic acids is 1. The molecule has 21 heavy (non-hydrogen) atoms. The minimum Gasteiger partial charge on any atom is -0.508 e. The Labute approximate surface area is 126 Å². The van der Waals surface area contributed by atoms with Crippen molar-refractivity contribution in [1.29, 1.82) is 0 Å². The van der Waals surface area contributed by atoms with Crippen molar-refractivity contribution in [2.75, 3.05) is 0 Å². The molecule has 0 radical (unpaired) electrons. The Morgan fingerprint density at radius 3 is 2.29 bits per heavy atom. The third-order valence-electron chi connectivity index (χ3n) is 2.84. The number of phenols is 1. The summed E-state index contributed by atoms with van der Waals surface area (Å²) in [7, 11) is -1.43. The Bertz CT molecular complexity index is 713. The van der Waals surface area contributed by atoms with Gasteiger partial charge < -0.3 is 5.11 Å². The van der Waals surface area contributed by atoms with E-state index in [-0.39, 0.29) is 11.5 Å². The van der Waals surface area contributed by atoms with Gasteiger partial charge in [0.1, 0.15) is 13.8 Å². The molecule has 0 spiro atoms. The first kappa shape index (κ1) is 15.1. The van der Waals surface area contributed by atoms with Gasteiger partial charge in [0.25, 0.3) is 0 Å². The lowest BCUT2D eigenvalue weighted by Gasteiger charge is -2.04. The lowest BCUT2D eigenvalue weighted by molar-refractivity contribution is 0.103. The number of ketones is 1. The molecule has 3 heteroatoms. The van der Waals surface area contributed by atoms with E-state index in [9.17, 15) is 9.90 Å². The van der Waals surface area contributed by atoms with Crippen LogP contribution in [-0.4, -0.2) is 19.0 Å². The van der Waals surface area contributed by atoms with Crippen LogP contribution in [0.25, 0.3) is 0 Å². The number of phenolic OH excluding ortho intramolecular Hbond substituents is 1. The third-order valence-corrected chi connectivity index (χ3v) is 3.71. The molecule has 0 amide bonds. The smallest absolute Gasteiger partial charge is 0.193 e. The highest BCUT2D eigenvalue weighted by Gasteiger charge is 2.10. The summed E-state index contributed by atoms with van der Waals surface area (Å²) in [5.41, 5.74) is 5.33. The summed E-state index contributed by atoms with van der Waals surface area (Å²) in [6.45, 7) is 6.56. The van der Waals surface area contributed by atoms with Gasteiger partial charge in [-0.2, -0.15) is 0 Å². The van der Waals surface area contributed by atoms with Crippen LogP contribution in [0.1, 0.15) is 21.5 Å². The van der Waals surface area contributed by atoms with E-state index in [2.05, 4.69) is 31.1 Å². The average molecular weight is 294 g/mol. The summed E-state index contributed by atoms with van der Waals surface area (Å²) in [5, 5.41) is 9.27. The van der Waals surface area contributed by atoms with Crippen LogP contribution in [0.4, 0.5) is 0 Å². The Hall–Kier alpha value is -2.31. The Kier molecular flexibility index (Phi) is 4.30. The van der Waals surface area contributed by atoms with Crippen molar-refractivity contribution in [3.8, 4) is 17.2 Å². The van der Waals surface area contributed by atoms with E-state index in [1.165, 1.54) is 12.1 Å². The molecule has 0 heterocycles. The predicted octanol–water partition coefficient (Wildman–Crippen LogP) is 3.85. The standard InChI is InChI=1S/C18H18O2Si/c1-21(2,3)12-11-14-5-4-6-16(13-14)18(20)15-7-9-17(19)10-8-15/h4-10,13,19H,1-3H3. The molecule has 0 saturated heterocycles. The van der Waals surface area contributed by atoms with Crippen LogP contribution >= 0.6 is 0 Å². The minimum atomic E-state index is -1.43. The van der Waals surface area contributed by atoms with E-state index < -0.39 is 8.07 Å². The molecule has 0 fully saturated rings. The second-order valence-electron chi connectivity index (χ2n) is 5.96. The van der Waals surface area contributed by atoms with Gasteiger partial charge in [0, 0.05) is 16.7 Å². The lowest BCUT2D eigenvalue weighted by atomic mass is 10.0. The fraction of sp³-hybridized carbons (Fsp3) is 0.167. The van der Waals surface area contributed by atoms with Crippen molar-refractivity contribution in [3.63, 3.8) is 0 Å². The topological polar surface area (TPSA) is 37.3 Å². The maximum atomic E-state index is 12.4. The molecule has 2 rings (SSSR count). The van der Waals surface area contributed by atoms with E-state index in [4.69, 9.17) is 0 Å². The molecule has 106 valence electrons. The van der Waals surface area contributed by atoms with E-state index >= 15 is 0 Å². The Morgan fingerprint density at radius 2 is 1.67 bits per heavy atom. The van der Waals surface area contributed by atoms with Gasteiger partial charge in [0.05, 0.1) is 0 Å². The summed E-state index contributed by atoms with van der Waals surface area (Å²) in [6, 6.07) is 13.7. The molecule has 0 bridgehead atoms. The molecule has 2 nitrogen and oxygen atoms in total. The number of hydrogen-bond donors (Lipinski definition) is 1. The molecular weight excluding hydrogens is 276 g/mol. The zero-order valence-corrected chi connectivity index (χ0v) is 13.5. The zero-order valence-electron chi connectivity index (χ0n) is 12.5. The van der Waals surface area contributed by atoms with Gasteiger partial charge in [0.2, 0.25) is 0 Å². The van der Waals surface area contributed by atoms with Gasteiger partial charge in [-0.15, -0.1) is 5.54 Å². The van der Waals surface area contributed by atoms with Crippen molar-refractivity contribution in [1.82, 2.24) is 0 Å². The van der Waals surface area contributed by atoms with E-state index in [1.807, 2.05) is 18.2 Å². The van der Waals surface area contributed by atoms with Crippen LogP contribution in [0.15, 0.2) is 48.5 Å². The van der Waals surface area contributed by atoms with E-state index in [0.29, 0.717) is 11.1 Å². The van der Waals surface area contributed by atoms with E-state index in [1.54, 1.807) is 18.2 Å². The average Bonchev–Trinajstić information content (AvgIpc) is 2.45. The van der Waals surface area contributed by atoms with Crippen molar-refractivity contribution >= 4 is 13.9 Å². The summed E-state index contributed by atoms with van der Waals surface area (Å²) in [6.07, 6.45) is 0. The summed E-state index contributed by atoms with van der Waals surface area (Å²) in [5.74, 6) is 3.25. The van der Waals surface area contributed by atoms with Crippen LogP contribution in [0, 0.1) is 11.5 Å². The van der Waals surface area contributed by atoms with Gasteiger partial charge in [0.15, 0.2) is 5.78 Å². The molecule has 0 unspecified atom stereocenters. The highest BCUT2D eigenvalue weighted by atomic mass is 28.3. The number of benzene rings is 2. The van der Waals surface area contributed by atoms with Crippen molar-refractivity contribution in [2.24, 2.45) is 0 Å². The van der Waals surface area contributed by atoms with Gasteiger partial charge in [-0.05, 0) is 36.4 Å². The molecule has 2 aromatic carbocycles. The molecule has 0 aliphatic heterocycles. The maximum Gasteiger partial charge on any atom is 0.193 e. The fourth-order valence-electron chi connectivity index (χ4n) is 1.78. The monoisotopic (exact) mass is 294 g/mol. The van der Waals surface area contributed by atoms with Gasteiger partial charge in [-0.3, -0.25) is 4.79 Å². The first-order chi connectivity index (χ1) is 9.85. The fourth-order valence-corrected chi connectivity index (χ4v) is 2.30. The van der Waals surface area contributed by atoms with Gasteiger partial charge in [-0.25, -0.2) is 0 Å². The number of rotatable bonds is 2. The molecule has 0 aromatic heterocycles. The first-order valence-corrected chi connectivity index (χ1v) is 10.3. The molecule has 0 aliphatic carbocycles. The van der Waals surface area contributed by atoms with E-state index in [0.717, 1.165) is 5.56 Å². The largest absolute Gasteiger partial charge is 0.508 e. The second kappa shape index (κ2) is 5.98. The zero-order chi connectivity index (χ0) is 15.5. The highest BCUT2D eigenvalue weighted by molar-refractivity contribution is 6.83. The molecule has 0 aliphatic rings. The highest BCUT2D eigenvalue weighted by Crippen LogP contribution is 2.15. The quantitative estimate of drug-likeness (QED) is 0.519. The van der Waals surface area contributed by atoms with Crippen molar-refractivity contribution < 1.29 is 9.90 Å². The van der Waals surface area contributed by atoms with Crippen molar-refractivity contribution in [2.45, 2.75) is 19.6 Å². The van der Waals surface area contributed by atoms with Gasteiger partial charge >= 0.3 is 0 Å². The summed E-state index contributed by atoms with van der Waals surface area (Å²) >= 11 is 0. The number of aromatic hydroxyl groups is 1. The minimum absolute atomic E-state index is 0.0633. The SMILES string of the molecule is C[Si](C)(C)C#Cc1cccc(C(=O)c2ccc(O)cc2)c1. The van der Waals surface area contributed by atoms with Crippen LogP contribution < -0.4 is 0 Å². The van der Waals surface area contributed by atoms with Crippen LogP contribution in [0.5, 0.6) is 5.75 Å². The Balaban J connectivity index is 2.30. The molecule has 0 atom stereocenters. The molecule has 0 saturated carbocycles. The van der Waals surface area contributed by atoms with Gasteiger partial charge in [-0.1, -0.05) is 37.7 Å². The summed E-state index contributed by atoms with van der Waals surface area (Å²) in [4.78, 5) is 12.4. The summed E-state index contributed by atoms with van der Waals surface area (Å²) < 4.78 is 0. The third kappa shape index (κ3) is 4.33. The van der Waals surface area contributed by atoms with Crippen LogP contribution in [0.3, 0.4) is 0 Å². The molecule has 2 aromatic rings. The Morgan fingerprint density at radius 1 is 1.00 bits per heavy atom. The molecular formula is C18H18O2Si. The van der Waals surface area contributed by atoms with Crippen molar-refractivity contribution in [3.05, 3.63) is 65.2 Å². The predicted molar refractivity (Wildman–Crippen MR) is 88.2 cm³/mol. The maximum absolute atomic E-state index is 12.4. The lowest BCUT2D eigenvalue weighted by Crippen LogP contribution is -2.16. The molecule has 1 N–H and O–H groups in total. The normalized spacial score (nSPS) is 10.6. The van der Waals surface area contributed by atoms with Crippen LogP contribution in [-0.2, 0) is 0 Å².